The number of fused-ring (bicyclic) bond motifs is 1. The number of halogens is 4. The molecule has 3 rings (SSSR count). The molecular weight excluding hydrogens is 368 g/mol. The van der Waals surface area contributed by atoms with Crippen molar-refractivity contribution in [1.82, 2.24) is 9.78 Å². The predicted molar refractivity (Wildman–Crippen MR) is 88.0 cm³/mol. The molecule has 0 fully saturated rings. The lowest BCUT2D eigenvalue weighted by Crippen LogP contribution is -2.44. The zero-order valence-electron chi connectivity index (χ0n) is 14.7. The Kier molecular flexibility index (Phi) is 4.65. The van der Waals surface area contributed by atoms with Gasteiger partial charge >= 0.3 is 12.1 Å². The first-order valence-corrected chi connectivity index (χ1v) is 8.30. The van der Waals surface area contributed by atoms with Crippen molar-refractivity contribution in [1.29, 1.82) is 0 Å². The van der Waals surface area contributed by atoms with E-state index in [2.05, 4.69) is 5.10 Å². The third kappa shape index (κ3) is 3.26. The Balaban J connectivity index is 2.13. The van der Waals surface area contributed by atoms with Crippen LogP contribution in [0.4, 0.5) is 17.6 Å². The van der Waals surface area contributed by atoms with Crippen molar-refractivity contribution < 1.29 is 27.1 Å². The molecule has 1 atom stereocenters. The molecule has 1 N–H and O–H groups in total. The van der Waals surface area contributed by atoms with E-state index in [1.54, 1.807) is 6.07 Å². The first kappa shape index (κ1) is 19.2. The molecule has 0 spiro atoms. The van der Waals surface area contributed by atoms with E-state index in [4.69, 9.17) is 4.74 Å². The summed E-state index contributed by atoms with van der Waals surface area (Å²) in [4.78, 5) is 24.9. The number of esters is 1. The Morgan fingerprint density at radius 2 is 2.07 bits per heavy atom. The second kappa shape index (κ2) is 6.54. The zero-order valence-corrected chi connectivity index (χ0v) is 14.7. The largest absolute Gasteiger partial charge is 0.468 e. The van der Waals surface area contributed by atoms with E-state index in [0.29, 0.717) is 5.56 Å². The maximum atomic E-state index is 14.1. The molecule has 0 amide bonds. The van der Waals surface area contributed by atoms with Crippen molar-refractivity contribution in [3.8, 4) is 0 Å². The third-order valence-electron chi connectivity index (χ3n) is 5.15. The van der Waals surface area contributed by atoms with Crippen molar-refractivity contribution in [3.05, 3.63) is 56.8 Å². The number of alkyl halides is 3. The normalized spacial score (nSPS) is 19.6. The highest BCUT2D eigenvalue weighted by Crippen LogP contribution is 2.41. The highest BCUT2D eigenvalue weighted by atomic mass is 19.4. The van der Waals surface area contributed by atoms with Crippen LogP contribution in [0.25, 0.3) is 0 Å². The highest BCUT2D eigenvalue weighted by molar-refractivity contribution is 5.84. The van der Waals surface area contributed by atoms with Gasteiger partial charge in [0.2, 0.25) is 0 Å². The third-order valence-corrected chi connectivity index (χ3v) is 5.15. The van der Waals surface area contributed by atoms with Crippen LogP contribution in [0, 0.1) is 12.7 Å². The summed E-state index contributed by atoms with van der Waals surface area (Å²) in [5.74, 6) is -1.16. The molecule has 27 heavy (non-hydrogen) atoms. The van der Waals surface area contributed by atoms with E-state index in [0.717, 1.165) is 4.68 Å². The van der Waals surface area contributed by atoms with Gasteiger partial charge in [0.25, 0.3) is 5.56 Å². The fourth-order valence-electron chi connectivity index (χ4n) is 3.89. The molecule has 0 saturated carbocycles. The molecule has 1 aliphatic carbocycles. The average Bonchev–Trinajstić information content (AvgIpc) is 2.89. The van der Waals surface area contributed by atoms with Gasteiger partial charge in [-0.3, -0.25) is 19.4 Å². The molecule has 1 aromatic carbocycles. The molecule has 9 heteroatoms. The molecule has 0 radical (unpaired) electrons. The summed E-state index contributed by atoms with van der Waals surface area (Å²) in [6.07, 6.45) is -4.49. The van der Waals surface area contributed by atoms with Crippen LogP contribution in [0.2, 0.25) is 0 Å². The molecule has 0 bridgehead atoms. The topological polar surface area (TPSA) is 64.1 Å². The van der Waals surface area contributed by atoms with Gasteiger partial charge in [0.15, 0.2) is 0 Å². The lowest BCUT2D eigenvalue weighted by molar-refractivity contribution is -0.149. The Morgan fingerprint density at radius 1 is 1.37 bits per heavy atom. The fraction of sp³-hybridized carbons (Fsp3) is 0.444. The van der Waals surface area contributed by atoms with Crippen LogP contribution in [-0.2, 0) is 34.3 Å². The van der Waals surface area contributed by atoms with E-state index in [-0.39, 0.29) is 36.1 Å². The number of hydrogen-bond donors (Lipinski definition) is 1. The summed E-state index contributed by atoms with van der Waals surface area (Å²) in [6.45, 7) is 0.200. The van der Waals surface area contributed by atoms with Crippen molar-refractivity contribution in [2.75, 3.05) is 7.11 Å². The van der Waals surface area contributed by atoms with Crippen molar-refractivity contribution in [3.63, 3.8) is 0 Å². The SMILES string of the molecule is COC(=O)C1(c2cccc(F)c2C)CCc2c(c(=O)[nH]n2CC(F)(F)F)C1. The summed E-state index contributed by atoms with van der Waals surface area (Å²) >= 11 is 0. The second-order valence-electron chi connectivity index (χ2n) is 6.73. The van der Waals surface area contributed by atoms with Gasteiger partial charge in [0.1, 0.15) is 12.4 Å². The molecule has 2 aromatic rings. The summed E-state index contributed by atoms with van der Waals surface area (Å²) in [7, 11) is 1.19. The van der Waals surface area contributed by atoms with E-state index >= 15 is 0 Å². The smallest absolute Gasteiger partial charge is 0.407 e. The maximum Gasteiger partial charge on any atom is 0.407 e. The van der Waals surface area contributed by atoms with Crippen molar-refractivity contribution in [2.45, 2.75) is 44.3 Å². The average molecular weight is 386 g/mol. The highest BCUT2D eigenvalue weighted by Gasteiger charge is 2.47. The maximum absolute atomic E-state index is 14.1. The van der Waals surface area contributed by atoms with Gasteiger partial charge in [-0.05, 0) is 43.4 Å². The summed E-state index contributed by atoms with van der Waals surface area (Å²) in [6, 6.07) is 4.29. The van der Waals surface area contributed by atoms with Crippen LogP contribution in [0.15, 0.2) is 23.0 Å². The standard InChI is InChI=1S/C18H18F4N2O3/c1-10-12(4-3-5-13(10)19)17(16(26)27-2)7-6-14-11(8-17)15(25)23-24(14)9-18(20,21)22/h3-5H,6-9H2,1-2H3,(H,23,25). The van der Waals surface area contributed by atoms with Gasteiger partial charge in [0.05, 0.1) is 12.5 Å². The van der Waals surface area contributed by atoms with E-state index < -0.39 is 35.5 Å². The minimum absolute atomic E-state index is 0.0508. The summed E-state index contributed by atoms with van der Waals surface area (Å²) < 4.78 is 58.1. The molecule has 1 aromatic heterocycles. The number of carbonyl (C=O) groups excluding carboxylic acids is 1. The van der Waals surface area contributed by atoms with Crippen molar-refractivity contribution >= 4 is 5.97 Å². The van der Waals surface area contributed by atoms with E-state index in [1.165, 1.54) is 26.2 Å². The van der Waals surface area contributed by atoms with Crippen LogP contribution < -0.4 is 5.56 Å². The molecule has 1 heterocycles. The number of H-pyrrole nitrogens is 1. The van der Waals surface area contributed by atoms with Gasteiger partial charge in [-0.25, -0.2) is 4.39 Å². The number of nitrogens with one attached hydrogen (secondary N) is 1. The van der Waals surface area contributed by atoms with Gasteiger partial charge < -0.3 is 4.74 Å². The first-order chi connectivity index (χ1) is 12.6. The van der Waals surface area contributed by atoms with Crippen LogP contribution in [-0.4, -0.2) is 29.0 Å². The minimum Gasteiger partial charge on any atom is -0.468 e. The molecule has 0 aliphatic heterocycles. The fourth-order valence-corrected chi connectivity index (χ4v) is 3.89. The van der Waals surface area contributed by atoms with Crippen LogP contribution >= 0.6 is 0 Å². The van der Waals surface area contributed by atoms with Crippen LogP contribution in [0.3, 0.4) is 0 Å². The number of benzene rings is 1. The monoisotopic (exact) mass is 386 g/mol. The van der Waals surface area contributed by atoms with Gasteiger partial charge in [-0.1, -0.05) is 12.1 Å². The first-order valence-electron chi connectivity index (χ1n) is 8.30. The number of rotatable bonds is 3. The van der Waals surface area contributed by atoms with Gasteiger partial charge in [-0.15, -0.1) is 0 Å². The molecule has 146 valence electrons. The van der Waals surface area contributed by atoms with E-state index in [9.17, 15) is 27.2 Å². The van der Waals surface area contributed by atoms with Crippen molar-refractivity contribution in [2.24, 2.45) is 0 Å². The molecule has 1 unspecified atom stereocenters. The minimum atomic E-state index is -4.49. The number of ether oxygens (including phenoxy) is 1. The number of aromatic amines is 1. The number of aromatic nitrogens is 2. The quantitative estimate of drug-likeness (QED) is 0.652. The Morgan fingerprint density at radius 3 is 2.70 bits per heavy atom. The van der Waals surface area contributed by atoms with Gasteiger partial charge in [0, 0.05) is 11.3 Å². The number of nitrogens with zero attached hydrogens (tertiary/aromatic N) is 1. The lowest BCUT2D eigenvalue weighted by Gasteiger charge is -2.36. The van der Waals surface area contributed by atoms with E-state index in [1.807, 2.05) is 0 Å². The molecule has 5 nitrogen and oxygen atoms in total. The second-order valence-corrected chi connectivity index (χ2v) is 6.73. The Hall–Kier alpha value is -2.58. The molecule has 1 aliphatic rings. The number of hydrogen-bond acceptors (Lipinski definition) is 3. The molecular formula is C18H18F4N2O3. The Labute approximate surface area is 151 Å². The number of methoxy groups -OCH3 is 1. The molecule has 0 saturated heterocycles. The van der Waals surface area contributed by atoms with Gasteiger partial charge in [-0.2, -0.15) is 13.2 Å². The van der Waals surface area contributed by atoms with Crippen LogP contribution in [0.5, 0.6) is 0 Å². The predicted octanol–water partition coefficient (Wildman–Crippen LogP) is 2.79. The summed E-state index contributed by atoms with van der Waals surface area (Å²) in [5.41, 5.74) is -1.08. The number of carbonyl (C=O) groups is 1. The lowest BCUT2D eigenvalue weighted by atomic mass is 9.67. The summed E-state index contributed by atoms with van der Waals surface area (Å²) in [5, 5.41) is 2.20. The van der Waals surface area contributed by atoms with Crippen LogP contribution in [0.1, 0.15) is 28.8 Å². The Bertz CT molecular complexity index is 945. The zero-order chi connectivity index (χ0) is 20.0.